The topological polar surface area (TPSA) is 49.4 Å². The largest absolute Gasteiger partial charge is 0.344 e. The number of carbonyl (C=O) groups is 2. The molecule has 0 radical (unpaired) electrons. The molecule has 1 aromatic carbocycles. The summed E-state index contributed by atoms with van der Waals surface area (Å²) in [5, 5.41) is 5.08. The van der Waals surface area contributed by atoms with E-state index in [2.05, 4.69) is 5.32 Å². The predicted octanol–water partition coefficient (Wildman–Crippen LogP) is 3.99. The van der Waals surface area contributed by atoms with E-state index in [4.69, 9.17) is 0 Å². The first-order valence-electron chi connectivity index (χ1n) is 9.33. The van der Waals surface area contributed by atoms with Gasteiger partial charge in [0.1, 0.15) is 5.82 Å². The Hall–Kier alpha value is -2.21. The number of thiophene rings is 1. The Balaban J connectivity index is 1.74. The fourth-order valence-corrected chi connectivity index (χ4v) is 4.25. The van der Waals surface area contributed by atoms with Crippen LogP contribution < -0.4 is 5.32 Å². The van der Waals surface area contributed by atoms with E-state index in [1.165, 1.54) is 12.1 Å². The Labute approximate surface area is 163 Å². The first kappa shape index (κ1) is 19.5. The fraction of sp³-hybridized carbons (Fsp3) is 0.429. The average molecular weight is 389 g/mol. The van der Waals surface area contributed by atoms with Crippen LogP contribution >= 0.6 is 11.3 Å². The van der Waals surface area contributed by atoms with Crippen molar-refractivity contribution in [3.63, 3.8) is 0 Å². The number of hydrogen-bond donors (Lipinski definition) is 1. The molecule has 1 fully saturated rings. The molecular weight excluding hydrogens is 363 g/mol. The third-order valence-corrected chi connectivity index (χ3v) is 5.85. The molecular formula is C21H25FN2O2S. The summed E-state index contributed by atoms with van der Waals surface area (Å²) >= 11 is 1.56. The van der Waals surface area contributed by atoms with Crippen molar-refractivity contribution in [1.82, 2.24) is 10.2 Å². The Morgan fingerprint density at radius 2 is 1.96 bits per heavy atom. The standard InChI is InChI=1S/C21H25FN2O2S/c1-14(2)21(26)24-11-3-5-16(13-24)20(25)23-19(18-6-4-12-27-18)15-7-9-17(22)10-8-15/h4,6-10,12,14,16,19H,3,5,11,13H2,1-2H3,(H,23,25)/t16-,19-/m0/s1. The van der Waals surface area contributed by atoms with Gasteiger partial charge in [0.25, 0.3) is 0 Å². The quantitative estimate of drug-likeness (QED) is 0.842. The van der Waals surface area contributed by atoms with Crippen LogP contribution in [0.4, 0.5) is 4.39 Å². The molecule has 1 aliphatic heterocycles. The van der Waals surface area contributed by atoms with E-state index in [-0.39, 0.29) is 35.5 Å². The van der Waals surface area contributed by atoms with Crippen molar-refractivity contribution in [3.8, 4) is 0 Å². The summed E-state index contributed by atoms with van der Waals surface area (Å²) in [4.78, 5) is 28.1. The molecule has 4 nitrogen and oxygen atoms in total. The third kappa shape index (κ3) is 4.75. The van der Waals surface area contributed by atoms with Crippen LogP contribution in [-0.2, 0) is 9.59 Å². The summed E-state index contributed by atoms with van der Waals surface area (Å²) in [5.41, 5.74) is 0.845. The second-order valence-electron chi connectivity index (χ2n) is 7.29. The van der Waals surface area contributed by atoms with Gasteiger partial charge in [-0.2, -0.15) is 0 Å². The van der Waals surface area contributed by atoms with Gasteiger partial charge < -0.3 is 10.2 Å². The molecule has 2 amide bonds. The molecule has 0 aliphatic carbocycles. The lowest BCUT2D eigenvalue weighted by atomic mass is 9.95. The number of likely N-dealkylation sites (tertiary alicyclic amines) is 1. The number of carbonyl (C=O) groups excluding carboxylic acids is 2. The number of nitrogens with one attached hydrogen (secondary N) is 1. The van der Waals surface area contributed by atoms with E-state index in [0.29, 0.717) is 13.1 Å². The molecule has 3 rings (SSSR count). The molecule has 0 spiro atoms. The van der Waals surface area contributed by atoms with Crippen LogP contribution in [-0.4, -0.2) is 29.8 Å². The monoisotopic (exact) mass is 388 g/mol. The number of nitrogens with zero attached hydrogens (tertiary/aromatic N) is 1. The molecule has 1 N–H and O–H groups in total. The van der Waals surface area contributed by atoms with Gasteiger partial charge in [-0.15, -0.1) is 11.3 Å². The van der Waals surface area contributed by atoms with Crippen molar-refractivity contribution in [1.29, 1.82) is 0 Å². The van der Waals surface area contributed by atoms with E-state index >= 15 is 0 Å². The maximum absolute atomic E-state index is 13.3. The highest BCUT2D eigenvalue weighted by Crippen LogP contribution is 2.28. The number of hydrogen-bond acceptors (Lipinski definition) is 3. The van der Waals surface area contributed by atoms with Crippen LogP contribution in [0, 0.1) is 17.7 Å². The molecule has 0 saturated carbocycles. The summed E-state index contributed by atoms with van der Waals surface area (Å²) in [6.07, 6.45) is 1.60. The molecule has 2 aromatic rings. The van der Waals surface area contributed by atoms with Gasteiger partial charge in [-0.3, -0.25) is 9.59 Å². The highest BCUT2D eigenvalue weighted by Gasteiger charge is 2.31. The van der Waals surface area contributed by atoms with E-state index in [0.717, 1.165) is 23.3 Å². The minimum Gasteiger partial charge on any atom is -0.344 e. The third-order valence-electron chi connectivity index (χ3n) is 4.92. The lowest BCUT2D eigenvalue weighted by molar-refractivity contribution is -0.138. The summed E-state index contributed by atoms with van der Waals surface area (Å²) in [7, 11) is 0. The molecule has 1 saturated heterocycles. The van der Waals surface area contributed by atoms with Gasteiger partial charge in [0.15, 0.2) is 0 Å². The van der Waals surface area contributed by atoms with Gasteiger partial charge in [0.2, 0.25) is 11.8 Å². The van der Waals surface area contributed by atoms with Crippen LogP contribution in [0.25, 0.3) is 0 Å². The van der Waals surface area contributed by atoms with E-state index in [9.17, 15) is 14.0 Å². The summed E-state index contributed by atoms with van der Waals surface area (Å²) in [6.45, 7) is 4.94. The highest BCUT2D eigenvalue weighted by molar-refractivity contribution is 7.10. The summed E-state index contributed by atoms with van der Waals surface area (Å²) < 4.78 is 13.3. The van der Waals surface area contributed by atoms with E-state index in [1.807, 2.05) is 31.4 Å². The number of piperidine rings is 1. The number of benzene rings is 1. The van der Waals surface area contributed by atoms with Gasteiger partial charge in [-0.1, -0.05) is 32.0 Å². The normalized spacial score (nSPS) is 18.4. The van der Waals surface area contributed by atoms with Crippen molar-refractivity contribution < 1.29 is 14.0 Å². The van der Waals surface area contributed by atoms with Crippen LogP contribution in [0.1, 0.15) is 43.2 Å². The zero-order chi connectivity index (χ0) is 19.4. The molecule has 1 aliphatic rings. The van der Waals surface area contributed by atoms with Crippen LogP contribution in [0.5, 0.6) is 0 Å². The number of rotatable bonds is 5. The zero-order valence-electron chi connectivity index (χ0n) is 15.7. The second kappa shape index (κ2) is 8.65. The van der Waals surface area contributed by atoms with E-state index < -0.39 is 0 Å². The molecule has 2 heterocycles. The van der Waals surface area contributed by atoms with Crippen molar-refractivity contribution in [3.05, 3.63) is 58.0 Å². The first-order valence-corrected chi connectivity index (χ1v) is 10.2. The van der Waals surface area contributed by atoms with Crippen LogP contribution in [0.15, 0.2) is 41.8 Å². The SMILES string of the molecule is CC(C)C(=O)N1CCC[C@H](C(=O)N[C@@H](c2ccc(F)cc2)c2cccs2)C1. The average Bonchev–Trinajstić information content (AvgIpc) is 3.20. The van der Waals surface area contributed by atoms with E-state index in [1.54, 1.807) is 28.4 Å². The van der Waals surface area contributed by atoms with Gasteiger partial charge in [-0.05, 0) is 42.0 Å². The smallest absolute Gasteiger partial charge is 0.225 e. The Morgan fingerprint density at radius 3 is 2.59 bits per heavy atom. The van der Waals surface area contributed by atoms with Crippen molar-refractivity contribution in [2.75, 3.05) is 13.1 Å². The van der Waals surface area contributed by atoms with Gasteiger partial charge in [0, 0.05) is 23.9 Å². The molecule has 0 unspecified atom stereocenters. The Morgan fingerprint density at radius 1 is 1.22 bits per heavy atom. The molecule has 6 heteroatoms. The molecule has 1 aromatic heterocycles. The van der Waals surface area contributed by atoms with Crippen molar-refractivity contribution in [2.24, 2.45) is 11.8 Å². The van der Waals surface area contributed by atoms with Crippen molar-refractivity contribution in [2.45, 2.75) is 32.7 Å². The lowest BCUT2D eigenvalue weighted by Crippen LogP contribution is -2.47. The molecule has 27 heavy (non-hydrogen) atoms. The molecule has 144 valence electrons. The second-order valence-corrected chi connectivity index (χ2v) is 8.27. The summed E-state index contributed by atoms with van der Waals surface area (Å²) in [6, 6.07) is 9.82. The minimum absolute atomic E-state index is 0.0565. The predicted molar refractivity (Wildman–Crippen MR) is 105 cm³/mol. The highest BCUT2D eigenvalue weighted by atomic mass is 32.1. The fourth-order valence-electron chi connectivity index (χ4n) is 3.45. The minimum atomic E-state index is -0.311. The lowest BCUT2D eigenvalue weighted by Gasteiger charge is -2.34. The van der Waals surface area contributed by atoms with Gasteiger partial charge in [-0.25, -0.2) is 4.39 Å². The zero-order valence-corrected chi connectivity index (χ0v) is 16.5. The van der Waals surface area contributed by atoms with Crippen LogP contribution in [0.3, 0.4) is 0 Å². The Bertz CT molecular complexity index is 774. The van der Waals surface area contributed by atoms with Crippen molar-refractivity contribution >= 4 is 23.2 Å². The Kier molecular flexibility index (Phi) is 6.26. The number of halogens is 1. The van der Waals surface area contributed by atoms with Gasteiger partial charge >= 0.3 is 0 Å². The first-order chi connectivity index (χ1) is 13.0. The molecule has 0 bridgehead atoms. The maximum Gasteiger partial charge on any atom is 0.225 e. The summed E-state index contributed by atoms with van der Waals surface area (Å²) in [5.74, 6) is -0.542. The molecule has 2 atom stereocenters. The van der Waals surface area contributed by atoms with Gasteiger partial charge in [0.05, 0.1) is 12.0 Å². The maximum atomic E-state index is 13.3. The van der Waals surface area contributed by atoms with Crippen LogP contribution in [0.2, 0.25) is 0 Å². The number of amides is 2.